The summed E-state index contributed by atoms with van der Waals surface area (Å²) in [5.41, 5.74) is 0. The van der Waals surface area contributed by atoms with E-state index in [0.29, 0.717) is 17.4 Å². The van der Waals surface area contributed by atoms with Crippen molar-refractivity contribution in [1.82, 2.24) is 5.32 Å². The summed E-state index contributed by atoms with van der Waals surface area (Å²) in [6, 6.07) is -1.02. The van der Waals surface area contributed by atoms with Crippen LogP contribution in [0.15, 0.2) is 12.2 Å². The van der Waals surface area contributed by atoms with Gasteiger partial charge in [0, 0.05) is 0 Å². The quantitative estimate of drug-likeness (QED) is 0.0212. The number of allylic oxidation sites excluding steroid dienone is 1. The third-order valence-electron chi connectivity index (χ3n) is 10.0. The van der Waals surface area contributed by atoms with Crippen LogP contribution >= 0.6 is 7.82 Å². The van der Waals surface area contributed by atoms with Crippen molar-refractivity contribution < 1.29 is 38.0 Å². The van der Waals surface area contributed by atoms with Crippen LogP contribution < -0.4 is 5.32 Å². The maximum absolute atomic E-state index is 12.9. The first-order valence-corrected chi connectivity index (χ1v) is 23.5. The van der Waals surface area contributed by atoms with Gasteiger partial charge in [0.1, 0.15) is 19.3 Å². The molecule has 0 saturated carbocycles. The average Bonchev–Trinajstić information content (AvgIpc) is 3.09. The minimum atomic E-state index is -4.41. The number of hydrogen-bond acceptors (Lipinski definition) is 6. The van der Waals surface area contributed by atoms with Gasteiger partial charge in [0.05, 0.1) is 39.9 Å². The van der Waals surface area contributed by atoms with Crippen LogP contribution in [-0.4, -0.2) is 84.6 Å². The molecule has 0 radical (unpaired) electrons. The fourth-order valence-corrected chi connectivity index (χ4v) is 7.14. The topological polar surface area (TPSA) is 125 Å². The number of nitrogens with zero attached hydrogens (tertiary/aromatic N) is 1. The molecule has 316 valence electrons. The molecule has 0 heterocycles. The van der Waals surface area contributed by atoms with Crippen molar-refractivity contribution in [3.05, 3.63) is 12.2 Å². The number of carbonyl (C=O) groups excluding carboxylic acids is 1. The summed E-state index contributed by atoms with van der Waals surface area (Å²) in [6.07, 6.45) is 33.5. The second-order valence-corrected chi connectivity index (χ2v) is 18.5. The van der Waals surface area contributed by atoms with Gasteiger partial charge in [-0.1, -0.05) is 187 Å². The molecule has 0 rings (SSSR count). The molecule has 0 aliphatic carbocycles. The number of carbonyl (C=O) groups is 1. The van der Waals surface area contributed by atoms with Crippen molar-refractivity contribution in [3.8, 4) is 0 Å². The van der Waals surface area contributed by atoms with Crippen molar-refractivity contribution in [1.29, 1.82) is 0 Å². The number of phosphoric acid groups is 1. The number of unbranched alkanes of at least 4 members (excludes halogenated alkanes) is 23. The molecule has 4 atom stereocenters. The van der Waals surface area contributed by atoms with E-state index in [0.717, 1.165) is 44.4 Å². The van der Waals surface area contributed by atoms with Crippen molar-refractivity contribution in [3.63, 3.8) is 0 Å². The van der Waals surface area contributed by atoms with Gasteiger partial charge in [0.2, 0.25) is 5.91 Å². The van der Waals surface area contributed by atoms with Gasteiger partial charge in [-0.25, -0.2) is 4.57 Å². The van der Waals surface area contributed by atoms with Crippen molar-refractivity contribution in [2.45, 2.75) is 212 Å². The third kappa shape index (κ3) is 36.6. The largest absolute Gasteiger partial charge is 0.472 e. The van der Waals surface area contributed by atoms with E-state index < -0.39 is 38.6 Å². The van der Waals surface area contributed by atoms with Gasteiger partial charge in [0.25, 0.3) is 0 Å². The fourth-order valence-electron chi connectivity index (χ4n) is 6.41. The summed E-state index contributed by atoms with van der Waals surface area (Å²) in [4.78, 5) is 23.2. The van der Waals surface area contributed by atoms with Gasteiger partial charge in [0.15, 0.2) is 0 Å². The number of rotatable bonds is 39. The second kappa shape index (κ2) is 34.4. The van der Waals surface area contributed by atoms with E-state index in [2.05, 4.69) is 26.1 Å². The smallest absolute Gasteiger partial charge is 0.387 e. The molecular weight excluding hydrogens is 687 g/mol. The van der Waals surface area contributed by atoms with Gasteiger partial charge in [-0.05, 0) is 25.2 Å². The zero-order valence-electron chi connectivity index (χ0n) is 35.5. The summed E-state index contributed by atoms with van der Waals surface area (Å²) in [7, 11) is 1.43. The Kier molecular flexibility index (Phi) is 33.9. The normalized spacial score (nSPS) is 15.2. The number of aliphatic hydroxyl groups excluding tert-OH is 2. The molecule has 0 saturated heterocycles. The van der Waals surface area contributed by atoms with Crippen molar-refractivity contribution in [2.75, 3.05) is 40.9 Å². The first-order chi connectivity index (χ1) is 25.3. The van der Waals surface area contributed by atoms with Crippen LogP contribution in [0.2, 0.25) is 0 Å². The molecule has 0 aromatic carbocycles. The molecule has 0 aromatic rings. The Morgan fingerprint density at radius 3 is 1.57 bits per heavy atom. The summed E-state index contributed by atoms with van der Waals surface area (Å²) < 4.78 is 23.4. The van der Waals surface area contributed by atoms with Crippen LogP contribution in [0, 0.1) is 5.92 Å². The maximum Gasteiger partial charge on any atom is 0.472 e. The van der Waals surface area contributed by atoms with Gasteiger partial charge in [-0.15, -0.1) is 0 Å². The zero-order chi connectivity index (χ0) is 39.6. The highest BCUT2D eigenvalue weighted by Gasteiger charge is 2.29. The molecule has 0 aromatic heterocycles. The third-order valence-corrected chi connectivity index (χ3v) is 11.0. The molecule has 0 aliphatic rings. The highest BCUT2D eigenvalue weighted by Crippen LogP contribution is 2.43. The molecule has 10 heteroatoms. The molecule has 9 nitrogen and oxygen atoms in total. The van der Waals surface area contributed by atoms with Crippen LogP contribution in [0.25, 0.3) is 0 Å². The van der Waals surface area contributed by atoms with E-state index in [9.17, 15) is 24.5 Å². The van der Waals surface area contributed by atoms with E-state index in [1.807, 2.05) is 27.2 Å². The van der Waals surface area contributed by atoms with Gasteiger partial charge in [-0.2, -0.15) is 0 Å². The standard InChI is InChI=1S/C43H87N2O7P/c1-7-8-9-10-11-12-13-14-15-16-17-18-19-22-26-29-32-35-42(47)43(48)44-40(38-52-53(49,50)51-37-36-45(4,5)6)41(46)34-31-28-25-23-20-21-24-27-30-33-39(2)3/h31,34,39-42,46-47H,7-30,32-33,35-38H2,1-6H3,(H-,44,48,49,50)/p+1/b34-31+/t40-,41+,42?/m0/s1. The lowest BCUT2D eigenvalue weighted by atomic mass is 10.0. The number of likely N-dealkylation sites (N-methyl/N-ethyl adjacent to an activating group) is 1. The maximum atomic E-state index is 12.9. The first kappa shape index (κ1) is 52.2. The average molecular weight is 776 g/mol. The monoisotopic (exact) mass is 776 g/mol. The van der Waals surface area contributed by atoms with Crippen LogP contribution in [0.3, 0.4) is 0 Å². The van der Waals surface area contributed by atoms with E-state index in [1.165, 1.54) is 128 Å². The highest BCUT2D eigenvalue weighted by atomic mass is 31.2. The Bertz CT molecular complexity index is 912. The fraction of sp³-hybridized carbons (Fsp3) is 0.930. The predicted molar refractivity (Wildman–Crippen MR) is 223 cm³/mol. The van der Waals surface area contributed by atoms with Crippen LogP contribution in [0.4, 0.5) is 0 Å². The van der Waals surface area contributed by atoms with Crippen LogP contribution in [0.5, 0.6) is 0 Å². The molecule has 2 unspecified atom stereocenters. The molecule has 0 aliphatic heterocycles. The minimum Gasteiger partial charge on any atom is -0.387 e. The summed E-state index contributed by atoms with van der Waals surface area (Å²) in [6.45, 7) is 6.90. The number of quaternary nitrogens is 1. The van der Waals surface area contributed by atoms with Crippen molar-refractivity contribution in [2.24, 2.45) is 5.92 Å². The number of phosphoric ester groups is 1. The molecule has 0 spiro atoms. The lowest BCUT2D eigenvalue weighted by molar-refractivity contribution is -0.870. The van der Waals surface area contributed by atoms with Crippen LogP contribution in [0.1, 0.15) is 194 Å². The zero-order valence-corrected chi connectivity index (χ0v) is 36.4. The summed E-state index contributed by atoms with van der Waals surface area (Å²) >= 11 is 0. The Morgan fingerprint density at radius 1 is 0.679 bits per heavy atom. The van der Waals surface area contributed by atoms with Crippen molar-refractivity contribution >= 4 is 13.7 Å². The molecule has 4 N–H and O–H groups in total. The molecule has 0 bridgehead atoms. The van der Waals surface area contributed by atoms with E-state index >= 15 is 0 Å². The number of nitrogens with one attached hydrogen (secondary N) is 1. The van der Waals surface area contributed by atoms with Crippen LogP contribution in [-0.2, 0) is 18.4 Å². The van der Waals surface area contributed by atoms with Gasteiger partial charge in [-0.3, -0.25) is 13.8 Å². The second-order valence-electron chi connectivity index (χ2n) is 17.1. The summed E-state index contributed by atoms with van der Waals surface area (Å²) in [5.74, 6) is 0.161. The van der Waals surface area contributed by atoms with Gasteiger partial charge >= 0.3 is 7.82 Å². The van der Waals surface area contributed by atoms with E-state index in [4.69, 9.17) is 9.05 Å². The lowest BCUT2D eigenvalue weighted by Crippen LogP contribution is -2.49. The predicted octanol–water partition coefficient (Wildman–Crippen LogP) is 10.8. The Balaban J connectivity index is 4.50. The number of hydrogen-bond donors (Lipinski definition) is 4. The Hall–Kier alpha value is -0.800. The molecule has 0 fully saturated rings. The van der Waals surface area contributed by atoms with Gasteiger partial charge < -0.3 is 24.9 Å². The number of amides is 1. The summed E-state index contributed by atoms with van der Waals surface area (Å²) in [5, 5.41) is 24.2. The molecule has 1 amide bonds. The van der Waals surface area contributed by atoms with E-state index in [1.54, 1.807) is 6.08 Å². The highest BCUT2D eigenvalue weighted by molar-refractivity contribution is 7.47. The Morgan fingerprint density at radius 2 is 1.11 bits per heavy atom. The lowest BCUT2D eigenvalue weighted by Gasteiger charge is -2.26. The Labute approximate surface area is 327 Å². The number of aliphatic hydroxyl groups is 2. The first-order valence-electron chi connectivity index (χ1n) is 22.0. The van der Waals surface area contributed by atoms with E-state index in [-0.39, 0.29) is 6.61 Å². The molecular formula is C43H88N2O7P+. The molecule has 53 heavy (non-hydrogen) atoms. The minimum absolute atomic E-state index is 0.0206. The SMILES string of the molecule is CCCCCCCCCCCCCCCCCCCC(O)C(=O)N[C@@H](COP(=O)(O)OCC[N+](C)(C)C)[C@H](O)/C=C/CCCCCCCCCC(C)C.